The molecule has 0 spiro atoms. The highest BCUT2D eigenvalue weighted by molar-refractivity contribution is 5.50. The van der Waals surface area contributed by atoms with E-state index in [0.717, 1.165) is 11.6 Å². The summed E-state index contributed by atoms with van der Waals surface area (Å²) in [6.45, 7) is 3.67. The Morgan fingerprint density at radius 2 is 2.00 bits per heavy atom. The lowest BCUT2D eigenvalue weighted by Crippen LogP contribution is -1.95. The number of nitrogens with zero attached hydrogens (tertiary/aromatic N) is 1. The minimum atomic E-state index is -0.578. The van der Waals surface area contributed by atoms with Crippen molar-refractivity contribution in [2.24, 2.45) is 0 Å². The van der Waals surface area contributed by atoms with Crippen LogP contribution in [0.5, 0.6) is 11.5 Å². The number of halogens is 1. The molecule has 0 aliphatic carbocycles. The van der Waals surface area contributed by atoms with Gasteiger partial charge >= 0.3 is 0 Å². The summed E-state index contributed by atoms with van der Waals surface area (Å²) in [5.41, 5.74) is 7.40. The molecule has 0 aliphatic heterocycles. The van der Waals surface area contributed by atoms with Gasteiger partial charge in [0, 0.05) is 11.3 Å². The van der Waals surface area contributed by atoms with Crippen LogP contribution >= 0.6 is 0 Å². The fraction of sp³-hybridized carbons (Fsp3) is 0.0625. The summed E-state index contributed by atoms with van der Waals surface area (Å²) in [5, 5.41) is 8.70. The molecule has 0 fully saturated rings. The molecule has 2 aromatic rings. The van der Waals surface area contributed by atoms with E-state index in [-0.39, 0.29) is 11.3 Å². The molecule has 0 amide bonds. The highest BCUT2D eigenvalue weighted by Gasteiger charge is 2.09. The molecule has 0 aliphatic rings. The molecule has 20 heavy (non-hydrogen) atoms. The van der Waals surface area contributed by atoms with Crippen LogP contribution in [0.2, 0.25) is 0 Å². The van der Waals surface area contributed by atoms with Gasteiger partial charge in [-0.2, -0.15) is 5.26 Å². The topological polar surface area (TPSA) is 59.0 Å². The van der Waals surface area contributed by atoms with Crippen LogP contribution in [0.4, 0.5) is 10.1 Å². The number of benzene rings is 2. The van der Waals surface area contributed by atoms with Gasteiger partial charge in [-0.3, -0.25) is 0 Å². The molecule has 0 unspecified atom stereocenters. The van der Waals surface area contributed by atoms with Crippen molar-refractivity contribution in [3.63, 3.8) is 0 Å². The molecule has 0 atom stereocenters. The van der Waals surface area contributed by atoms with E-state index in [1.54, 1.807) is 24.3 Å². The number of anilines is 1. The van der Waals surface area contributed by atoms with E-state index >= 15 is 0 Å². The van der Waals surface area contributed by atoms with Gasteiger partial charge in [0.25, 0.3) is 0 Å². The summed E-state index contributed by atoms with van der Waals surface area (Å²) in [5.74, 6) is 0.00668. The summed E-state index contributed by atoms with van der Waals surface area (Å²) >= 11 is 0. The number of nitriles is 1. The first kappa shape index (κ1) is 13.6. The molecule has 2 rings (SSSR count). The Morgan fingerprint density at radius 1 is 1.25 bits per heavy atom. The van der Waals surface area contributed by atoms with Gasteiger partial charge in [-0.15, -0.1) is 6.58 Å². The Hall–Kier alpha value is -2.80. The first-order valence-corrected chi connectivity index (χ1v) is 6.01. The van der Waals surface area contributed by atoms with Crippen LogP contribution in [-0.4, -0.2) is 0 Å². The zero-order valence-corrected chi connectivity index (χ0v) is 10.8. The summed E-state index contributed by atoms with van der Waals surface area (Å²) in [6, 6.07) is 11.1. The molecular weight excluding hydrogens is 255 g/mol. The molecular formula is C16H13FN2O. The second-order valence-corrected chi connectivity index (χ2v) is 4.22. The van der Waals surface area contributed by atoms with Crippen molar-refractivity contribution in [3.05, 3.63) is 66.0 Å². The monoisotopic (exact) mass is 268 g/mol. The van der Waals surface area contributed by atoms with Crippen molar-refractivity contribution < 1.29 is 9.13 Å². The molecule has 100 valence electrons. The van der Waals surface area contributed by atoms with Gasteiger partial charge in [-0.05, 0) is 42.8 Å². The van der Waals surface area contributed by atoms with Crippen LogP contribution in [0.25, 0.3) is 0 Å². The first-order chi connectivity index (χ1) is 9.63. The zero-order chi connectivity index (χ0) is 14.5. The van der Waals surface area contributed by atoms with E-state index in [9.17, 15) is 4.39 Å². The SMILES string of the molecule is C=CCc1cc(N)ccc1Oc1ccc(C#N)cc1F. The van der Waals surface area contributed by atoms with E-state index in [4.69, 9.17) is 15.7 Å². The van der Waals surface area contributed by atoms with Crippen molar-refractivity contribution in [1.82, 2.24) is 0 Å². The molecule has 0 saturated heterocycles. The molecule has 0 radical (unpaired) electrons. The molecule has 3 nitrogen and oxygen atoms in total. The maximum absolute atomic E-state index is 13.8. The maximum atomic E-state index is 13.8. The van der Waals surface area contributed by atoms with E-state index in [2.05, 4.69) is 6.58 Å². The molecule has 4 heteroatoms. The number of rotatable bonds is 4. The van der Waals surface area contributed by atoms with Gasteiger partial charge in [-0.25, -0.2) is 4.39 Å². The predicted molar refractivity (Wildman–Crippen MR) is 75.9 cm³/mol. The Labute approximate surface area is 116 Å². The highest BCUT2D eigenvalue weighted by Crippen LogP contribution is 2.29. The number of ether oxygens (including phenoxy) is 1. The number of hydrogen-bond donors (Lipinski definition) is 1. The van der Waals surface area contributed by atoms with Crippen molar-refractivity contribution >= 4 is 5.69 Å². The van der Waals surface area contributed by atoms with Crippen LogP contribution in [0.15, 0.2) is 49.1 Å². The Balaban J connectivity index is 2.35. The molecule has 0 saturated carbocycles. The number of nitrogen functional groups attached to an aromatic ring is 1. The van der Waals surface area contributed by atoms with E-state index in [1.807, 2.05) is 6.07 Å². The minimum absolute atomic E-state index is 0.0686. The Morgan fingerprint density at radius 3 is 2.65 bits per heavy atom. The van der Waals surface area contributed by atoms with Crippen LogP contribution in [0.1, 0.15) is 11.1 Å². The van der Waals surface area contributed by atoms with Crippen molar-refractivity contribution in [1.29, 1.82) is 5.26 Å². The second-order valence-electron chi connectivity index (χ2n) is 4.22. The highest BCUT2D eigenvalue weighted by atomic mass is 19.1. The smallest absolute Gasteiger partial charge is 0.167 e. The first-order valence-electron chi connectivity index (χ1n) is 6.01. The van der Waals surface area contributed by atoms with Gasteiger partial charge in [-0.1, -0.05) is 6.08 Å². The van der Waals surface area contributed by atoms with Gasteiger partial charge in [0.1, 0.15) is 5.75 Å². The summed E-state index contributed by atoms with van der Waals surface area (Å²) in [4.78, 5) is 0. The van der Waals surface area contributed by atoms with Crippen LogP contribution < -0.4 is 10.5 Å². The van der Waals surface area contributed by atoms with Gasteiger partial charge in [0.2, 0.25) is 0 Å². The zero-order valence-electron chi connectivity index (χ0n) is 10.8. The van der Waals surface area contributed by atoms with E-state index < -0.39 is 5.82 Å². The summed E-state index contributed by atoms with van der Waals surface area (Å²) in [6.07, 6.45) is 2.29. The minimum Gasteiger partial charge on any atom is -0.454 e. The third-order valence-corrected chi connectivity index (χ3v) is 2.73. The lowest BCUT2D eigenvalue weighted by atomic mass is 10.1. The van der Waals surface area contributed by atoms with Gasteiger partial charge in [0.05, 0.1) is 11.6 Å². The maximum Gasteiger partial charge on any atom is 0.167 e. The lowest BCUT2D eigenvalue weighted by molar-refractivity contribution is 0.438. The van der Waals surface area contributed by atoms with Gasteiger partial charge < -0.3 is 10.5 Å². The molecule has 0 bridgehead atoms. The lowest BCUT2D eigenvalue weighted by Gasteiger charge is -2.11. The number of allylic oxidation sites excluding steroid dienone is 1. The molecule has 2 N–H and O–H groups in total. The number of nitrogens with two attached hydrogens (primary N) is 1. The molecule has 2 aromatic carbocycles. The largest absolute Gasteiger partial charge is 0.454 e. The van der Waals surface area contributed by atoms with Crippen molar-refractivity contribution in [2.75, 3.05) is 5.73 Å². The van der Waals surface area contributed by atoms with E-state index in [0.29, 0.717) is 17.9 Å². The average Bonchev–Trinajstić information content (AvgIpc) is 2.44. The molecule has 0 heterocycles. The van der Waals surface area contributed by atoms with Crippen LogP contribution in [0, 0.1) is 17.1 Å². The fourth-order valence-electron chi connectivity index (χ4n) is 1.79. The Bertz CT molecular complexity index is 689. The van der Waals surface area contributed by atoms with Crippen LogP contribution in [0.3, 0.4) is 0 Å². The molecule has 0 aromatic heterocycles. The third-order valence-electron chi connectivity index (χ3n) is 2.73. The Kier molecular flexibility index (Phi) is 4.02. The standard InChI is InChI=1S/C16H13FN2O/c1-2-3-12-9-13(19)5-7-15(12)20-16-6-4-11(10-18)8-14(16)17/h2,4-9H,1,3,19H2. The quantitative estimate of drug-likeness (QED) is 0.677. The number of hydrogen-bond acceptors (Lipinski definition) is 3. The predicted octanol–water partition coefficient (Wildman–Crippen LogP) is 3.80. The normalized spacial score (nSPS) is 9.80. The summed E-state index contributed by atoms with van der Waals surface area (Å²) in [7, 11) is 0. The van der Waals surface area contributed by atoms with Crippen molar-refractivity contribution in [2.45, 2.75) is 6.42 Å². The fourth-order valence-corrected chi connectivity index (χ4v) is 1.79. The van der Waals surface area contributed by atoms with Crippen LogP contribution in [-0.2, 0) is 6.42 Å². The average molecular weight is 268 g/mol. The summed E-state index contributed by atoms with van der Waals surface area (Å²) < 4.78 is 19.4. The van der Waals surface area contributed by atoms with E-state index in [1.165, 1.54) is 12.1 Å². The van der Waals surface area contributed by atoms with Crippen molar-refractivity contribution in [3.8, 4) is 17.6 Å². The van der Waals surface area contributed by atoms with Gasteiger partial charge in [0.15, 0.2) is 11.6 Å². The third kappa shape index (κ3) is 2.96. The second kappa shape index (κ2) is 5.89.